The Hall–Kier alpha value is -1.84. The molecule has 0 aromatic rings. The summed E-state index contributed by atoms with van der Waals surface area (Å²) in [5, 5.41) is 0. The maximum absolute atomic E-state index is 11.2. The number of hydrogen-bond donors (Lipinski definition) is 1. The molecule has 4 heteroatoms. The second-order valence-electron chi connectivity index (χ2n) is 6.78. The summed E-state index contributed by atoms with van der Waals surface area (Å²) in [7, 11) is 0. The third-order valence-electron chi connectivity index (χ3n) is 5.50. The Labute approximate surface area is 131 Å². The van der Waals surface area contributed by atoms with E-state index in [1.807, 2.05) is 0 Å². The lowest BCUT2D eigenvalue weighted by Crippen LogP contribution is -2.47. The second-order valence-corrected chi connectivity index (χ2v) is 6.78. The average Bonchev–Trinajstić information content (AvgIpc) is 2.92. The highest BCUT2D eigenvalue weighted by molar-refractivity contribution is 5.94. The number of rotatable bonds is 3. The van der Waals surface area contributed by atoms with Crippen molar-refractivity contribution in [1.82, 2.24) is 4.90 Å². The fourth-order valence-electron chi connectivity index (χ4n) is 4.55. The molecule has 116 valence electrons. The molecule has 3 heterocycles. The molecule has 3 aliphatic heterocycles. The molecule has 1 fully saturated rings. The third-order valence-corrected chi connectivity index (χ3v) is 5.50. The van der Waals surface area contributed by atoms with E-state index in [2.05, 4.69) is 29.3 Å². The van der Waals surface area contributed by atoms with Crippen molar-refractivity contribution < 1.29 is 4.79 Å². The Morgan fingerprint density at radius 2 is 2.27 bits per heavy atom. The summed E-state index contributed by atoms with van der Waals surface area (Å²) in [4.78, 5) is 18.6. The van der Waals surface area contributed by atoms with Gasteiger partial charge in [-0.15, -0.1) is 0 Å². The Balaban J connectivity index is 1.64. The van der Waals surface area contributed by atoms with E-state index in [9.17, 15) is 4.79 Å². The highest BCUT2D eigenvalue weighted by Gasteiger charge is 2.43. The van der Waals surface area contributed by atoms with Gasteiger partial charge in [0.1, 0.15) is 0 Å². The molecule has 2 N–H and O–H groups in total. The minimum atomic E-state index is -0.183. The maximum atomic E-state index is 11.2. The first-order chi connectivity index (χ1) is 10.7. The quantitative estimate of drug-likeness (QED) is 0.870. The number of nitrogens with two attached hydrogens (primary N) is 1. The van der Waals surface area contributed by atoms with Gasteiger partial charge in [-0.3, -0.25) is 9.79 Å². The zero-order valence-electron chi connectivity index (χ0n) is 12.9. The van der Waals surface area contributed by atoms with Gasteiger partial charge < -0.3 is 10.6 Å². The zero-order valence-corrected chi connectivity index (χ0v) is 12.9. The number of carbonyl (C=O) groups is 1. The lowest BCUT2D eigenvalue weighted by Gasteiger charge is -2.42. The number of primary amides is 1. The number of nitrogens with zero attached hydrogens (tertiary/aromatic N) is 2. The first-order valence-corrected chi connectivity index (χ1v) is 8.43. The van der Waals surface area contributed by atoms with Crippen LogP contribution in [0.1, 0.15) is 38.5 Å². The summed E-state index contributed by atoms with van der Waals surface area (Å²) in [6, 6.07) is 0.416. The summed E-state index contributed by atoms with van der Waals surface area (Å²) in [6.07, 6.45) is 14.7. The van der Waals surface area contributed by atoms with Crippen LogP contribution in [0.5, 0.6) is 0 Å². The predicted molar refractivity (Wildman–Crippen MR) is 87.1 cm³/mol. The summed E-state index contributed by atoms with van der Waals surface area (Å²) in [6.45, 7) is 1.06. The van der Waals surface area contributed by atoms with E-state index >= 15 is 0 Å². The SMILES string of the molecule is NC(=O)CCC1CCCC2=C1C1C(=N2)CCN2C=CC=CC12. The molecule has 0 bridgehead atoms. The summed E-state index contributed by atoms with van der Waals surface area (Å²) in [5.41, 5.74) is 9.59. The van der Waals surface area contributed by atoms with E-state index in [1.165, 1.54) is 29.8 Å². The molecule has 4 nitrogen and oxygen atoms in total. The number of hydrogen-bond acceptors (Lipinski definition) is 3. The van der Waals surface area contributed by atoms with Crippen LogP contribution < -0.4 is 5.73 Å². The molecule has 0 aromatic heterocycles. The smallest absolute Gasteiger partial charge is 0.217 e. The van der Waals surface area contributed by atoms with Crippen LogP contribution in [-0.2, 0) is 4.79 Å². The number of fused-ring (bicyclic) bond motifs is 4. The predicted octanol–water partition coefficient (Wildman–Crippen LogP) is 2.53. The molecule has 3 unspecified atom stereocenters. The number of amides is 1. The monoisotopic (exact) mass is 297 g/mol. The van der Waals surface area contributed by atoms with Crippen LogP contribution in [0, 0.1) is 11.8 Å². The van der Waals surface area contributed by atoms with Crippen molar-refractivity contribution in [1.29, 1.82) is 0 Å². The molecular weight excluding hydrogens is 274 g/mol. The first kappa shape index (κ1) is 13.8. The van der Waals surface area contributed by atoms with Gasteiger partial charge in [0.2, 0.25) is 5.91 Å². The van der Waals surface area contributed by atoms with Gasteiger partial charge in [0.15, 0.2) is 0 Å². The van der Waals surface area contributed by atoms with Crippen LogP contribution in [0.4, 0.5) is 0 Å². The van der Waals surface area contributed by atoms with Gasteiger partial charge >= 0.3 is 0 Å². The molecule has 0 radical (unpaired) electrons. The van der Waals surface area contributed by atoms with Crippen molar-refractivity contribution in [2.75, 3.05) is 6.54 Å². The number of allylic oxidation sites excluding steroid dienone is 3. The molecule has 0 saturated carbocycles. The summed E-state index contributed by atoms with van der Waals surface area (Å²) < 4.78 is 0. The van der Waals surface area contributed by atoms with Gasteiger partial charge in [-0.25, -0.2) is 0 Å². The van der Waals surface area contributed by atoms with Gasteiger partial charge in [-0.2, -0.15) is 0 Å². The van der Waals surface area contributed by atoms with Gasteiger partial charge in [0.25, 0.3) is 0 Å². The molecule has 1 amide bonds. The van der Waals surface area contributed by atoms with E-state index < -0.39 is 0 Å². The van der Waals surface area contributed by atoms with Crippen LogP contribution in [0.15, 0.2) is 40.7 Å². The average molecular weight is 297 g/mol. The molecule has 1 saturated heterocycles. The summed E-state index contributed by atoms with van der Waals surface area (Å²) in [5.74, 6) is 0.738. The number of carbonyl (C=O) groups excluding carboxylic acids is 1. The molecule has 3 atom stereocenters. The molecule has 1 aliphatic carbocycles. The van der Waals surface area contributed by atoms with E-state index in [4.69, 9.17) is 10.7 Å². The van der Waals surface area contributed by atoms with Gasteiger partial charge in [-0.05, 0) is 49.5 Å². The number of piperidine rings is 1. The Bertz CT molecular complexity index is 614. The Morgan fingerprint density at radius 3 is 3.14 bits per heavy atom. The third kappa shape index (κ3) is 2.21. The number of aliphatic imine (C=N–C) groups is 1. The highest BCUT2D eigenvalue weighted by atomic mass is 16.1. The van der Waals surface area contributed by atoms with Gasteiger partial charge in [0.05, 0.1) is 6.04 Å². The van der Waals surface area contributed by atoms with E-state index in [0.29, 0.717) is 24.3 Å². The fourth-order valence-corrected chi connectivity index (χ4v) is 4.55. The zero-order chi connectivity index (χ0) is 15.1. The topological polar surface area (TPSA) is 58.7 Å². The van der Waals surface area contributed by atoms with Crippen molar-refractivity contribution in [3.63, 3.8) is 0 Å². The van der Waals surface area contributed by atoms with Crippen molar-refractivity contribution in [3.05, 3.63) is 35.7 Å². The fraction of sp³-hybridized carbons (Fsp3) is 0.556. The highest BCUT2D eigenvalue weighted by Crippen LogP contribution is 2.46. The van der Waals surface area contributed by atoms with E-state index in [0.717, 1.165) is 25.8 Å². The summed E-state index contributed by atoms with van der Waals surface area (Å²) >= 11 is 0. The largest absolute Gasteiger partial charge is 0.370 e. The molecule has 22 heavy (non-hydrogen) atoms. The molecule has 4 rings (SSSR count). The van der Waals surface area contributed by atoms with Crippen molar-refractivity contribution >= 4 is 11.6 Å². The molecular formula is C18H23N3O. The lowest BCUT2D eigenvalue weighted by molar-refractivity contribution is -0.118. The van der Waals surface area contributed by atoms with Crippen molar-refractivity contribution in [2.24, 2.45) is 22.6 Å². The standard InChI is InChI=1S/C18H23N3O/c19-16(22)8-7-12-4-3-5-13-17(12)18-14(20-13)9-11-21-10-2-1-6-15(18)21/h1-2,6,10,12,15,18H,3-5,7-9,11H2,(H2,19,22). The van der Waals surface area contributed by atoms with E-state index in [1.54, 1.807) is 0 Å². The van der Waals surface area contributed by atoms with Gasteiger partial charge in [-0.1, -0.05) is 12.2 Å². The van der Waals surface area contributed by atoms with Crippen LogP contribution in [0.2, 0.25) is 0 Å². The second kappa shape index (κ2) is 5.41. The van der Waals surface area contributed by atoms with Crippen LogP contribution >= 0.6 is 0 Å². The maximum Gasteiger partial charge on any atom is 0.217 e. The normalized spacial score (nSPS) is 32.5. The van der Waals surface area contributed by atoms with Gasteiger partial charge in [0, 0.05) is 36.7 Å². The minimum Gasteiger partial charge on any atom is -0.370 e. The minimum absolute atomic E-state index is 0.183. The Kier molecular flexibility index (Phi) is 3.40. The van der Waals surface area contributed by atoms with E-state index in [-0.39, 0.29) is 5.91 Å². The lowest BCUT2D eigenvalue weighted by atomic mass is 9.72. The van der Waals surface area contributed by atoms with Crippen molar-refractivity contribution in [3.8, 4) is 0 Å². The first-order valence-electron chi connectivity index (χ1n) is 8.43. The van der Waals surface area contributed by atoms with Crippen LogP contribution in [-0.4, -0.2) is 29.1 Å². The van der Waals surface area contributed by atoms with Crippen LogP contribution in [0.25, 0.3) is 0 Å². The molecule has 0 spiro atoms. The van der Waals surface area contributed by atoms with Crippen LogP contribution in [0.3, 0.4) is 0 Å². The molecule has 0 aromatic carbocycles. The molecule has 4 aliphatic rings. The van der Waals surface area contributed by atoms with Crippen molar-refractivity contribution in [2.45, 2.75) is 44.6 Å². The Morgan fingerprint density at radius 1 is 1.36 bits per heavy atom.